The number of anilines is 1. The van der Waals surface area contributed by atoms with Crippen LogP contribution in [0.25, 0.3) is 10.9 Å². The maximum absolute atomic E-state index is 13.3. The molecule has 4 nitrogen and oxygen atoms in total. The van der Waals surface area contributed by atoms with Gasteiger partial charge >= 0.3 is 0 Å². The van der Waals surface area contributed by atoms with Gasteiger partial charge in [0.1, 0.15) is 0 Å². The number of fused-ring (bicyclic) bond motifs is 1. The van der Waals surface area contributed by atoms with Crippen LogP contribution in [0.3, 0.4) is 0 Å². The Morgan fingerprint density at radius 2 is 2.00 bits per heavy atom. The molecule has 24 heavy (non-hydrogen) atoms. The van der Waals surface area contributed by atoms with E-state index in [1.165, 1.54) is 11.6 Å². The largest absolute Gasteiger partial charge is 0.305 e. The third-order valence-electron chi connectivity index (χ3n) is 4.28. The van der Waals surface area contributed by atoms with Crippen molar-refractivity contribution in [2.75, 3.05) is 5.32 Å². The van der Waals surface area contributed by atoms with Crippen LogP contribution in [0, 0.1) is 18.6 Å². The number of nitrogens with one attached hydrogen (secondary N) is 2. The lowest BCUT2D eigenvalue weighted by Gasteiger charge is -2.05. The Kier molecular flexibility index (Phi) is 3.33. The van der Waals surface area contributed by atoms with E-state index in [2.05, 4.69) is 21.6 Å². The fourth-order valence-corrected chi connectivity index (χ4v) is 2.93. The van der Waals surface area contributed by atoms with Gasteiger partial charge in [-0.25, -0.2) is 8.78 Å². The molecule has 122 valence electrons. The Balaban J connectivity index is 1.69. The number of halogens is 2. The van der Waals surface area contributed by atoms with Crippen molar-refractivity contribution in [1.29, 1.82) is 0 Å². The van der Waals surface area contributed by atoms with Gasteiger partial charge in [0.05, 0.1) is 5.52 Å². The summed E-state index contributed by atoms with van der Waals surface area (Å²) in [6, 6.07) is 7.14. The monoisotopic (exact) mass is 327 g/mol. The third kappa shape index (κ3) is 2.54. The average molecular weight is 327 g/mol. The number of aromatic amines is 1. The highest BCUT2D eigenvalue weighted by Gasteiger charge is 2.27. The standard InChI is InChI=1S/C18H15F2N3O/c1-9-6-12(10-2-3-10)16-13(7-9)17(23-22-16)21-18(24)11-4-5-14(19)15(20)8-11/h4-8,10H,2-3H2,1H3,(H2,21,22,23,24). The van der Waals surface area contributed by atoms with Gasteiger partial charge in [-0.15, -0.1) is 0 Å². The van der Waals surface area contributed by atoms with E-state index in [1.54, 1.807) is 0 Å². The summed E-state index contributed by atoms with van der Waals surface area (Å²) in [5.74, 6) is -1.63. The molecule has 2 aromatic carbocycles. The summed E-state index contributed by atoms with van der Waals surface area (Å²) in [7, 11) is 0. The maximum atomic E-state index is 13.3. The van der Waals surface area contributed by atoms with Crippen molar-refractivity contribution < 1.29 is 13.6 Å². The van der Waals surface area contributed by atoms with Crippen LogP contribution in [0.15, 0.2) is 30.3 Å². The number of nitrogens with zero attached hydrogens (tertiary/aromatic N) is 1. The van der Waals surface area contributed by atoms with Gasteiger partial charge in [-0.05, 0) is 61.1 Å². The van der Waals surface area contributed by atoms with Crippen molar-refractivity contribution in [3.05, 3.63) is 58.7 Å². The molecule has 1 amide bonds. The van der Waals surface area contributed by atoms with Crippen LogP contribution in [0.5, 0.6) is 0 Å². The minimum absolute atomic E-state index is 0.0418. The molecule has 1 aromatic heterocycles. The molecule has 1 saturated carbocycles. The quantitative estimate of drug-likeness (QED) is 0.754. The van der Waals surface area contributed by atoms with Gasteiger partial charge in [-0.1, -0.05) is 6.07 Å². The van der Waals surface area contributed by atoms with Crippen LogP contribution >= 0.6 is 0 Å². The first-order chi connectivity index (χ1) is 11.5. The van der Waals surface area contributed by atoms with E-state index in [0.29, 0.717) is 11.7 Å². The van der Waals surface area contributed by atoms with Gasteiger partial charge in [-0.2, -0.15) is 5.10 Å². The Morgan fingerprint density at radius 1 is 1.21 bits per heavy atom. The molecular formula is C18H15F2N3O. The first kappa shape index (κ1) is 14.8. The molecule has 0 unspecified atom stereocenters. The number of carbonyl (C=O) groups is 1. The van der Waals surface area contributed by atoms with Crippen LogP contribution in [-0.4, -0.2) is 16.1 Å². The number of hydrogen-bond donors (Lipinski definition) is 2. The van der Waals surface area contributed by atoms with E-state index >= 15 is 0 Å². The number of H-pyrrole nitrogens is 1. The van der Waals surface area contributed by atoms with Crippen molar-refractivity contribution in [3.8, 4) is 0 Å². The molecule has 1 heterocycles. The Bertz CT molecular complexity index is 960. The summed E-state index contributed by atoms with van der Waals surface area (Å²) < 4.78 is 26.3. The summed E-state index contributed by atoms with van der Waals surface area (Å²) in [5.41, 5.74) is 3.27. The third-order valence-corrected chi connectivity index (χ3v) is 4.28. The number of rotatable bonds is 3. The van der Waals surface area contributed by atoms with Crippen molar-refractivity contribution in [3.63, 3.8) is 0 Å². The lowest BCUT2D eigenvalue weighted by Crippen LogP contribution is -2.13. The van der Waals surface area contributed by atoms with Crippen LogP contribution in [0.1, 0.15) is 40.2 Å². The SMILES string of the molecule is Cc1cc(C2CC2)c2[nH]nc(NC(=O)c3ccc(F)c(F)c3)c2c1. The first-order valence-corrected chi connectivity index (χ1v) is 7.78. The fourth-order valence-electron chi connectivity index (χ4n) is 2.93. The lowest BCUT2D eigenvalue weighted by atomic mass is 10.0. The van der Waals surface area contributed by atoms with E-state index in [0.717, 1.165) is 41.4 Å². The molecule has 0 atom stereocenters. The van der Waals surface area contributed by atoms with Gasteiger partial charge in [0.15, 0.2) is 17.5 Å². The zero-order valence-corrected chi connectivity index (χ0v) is 13.0. The second kappa shape index (κ2) is 5.40. The highest BCUT2D eigenvalue weighted by molar-refractivity contribution is 6.08. The lowest BCUT2D eigenvalue weighted by molar-refractivity contribution is 0.102. The molecule has 6 heteroatoms. The number of hydrogen-bond acceptors (Lipinski definition) is 2. The molecule has 0 bridgehead atoms. The molecule has 0 aliphatic heterocycles. The molecule has 0 radical (unpaired) electrons. The number of amides is 1. The molecule has 2 N–H and O–H groups in total. The normalized spacial score (nSPS) is 14.1. The maximum Gasteiger partial charge on any atom is 0.256 e. The molecule has 1 aliphatic rings. The smallest absolute Gasteiger partial charge is 0.256 e. The highest BCUT2D eigenvalue weighted by Crippen LogP contribution is 2.43. The van der Waals surface area contributed by atoms with Crippen molar-refractivity contribution in [2.24, 2.45) is 0 Å². The molecule has 0 saturated heterocycles. The molecule has 4 rings (SSSR count). The Labute approximate surface area is 136 Å². The van der Waals surface area contributed by atoms with Crippen LogP contribution in [0.4, 0.5) is 14.6 Å². The summed E-state index contributed by atoms with van der Waals surface area (Å²) in [5, 5.41) is 10.7. The average Bonchev–Trinajstić information content (AvgIpc) is 3.32. The first-order valence-electron chi connectivity index (χ1n) is 7.78. The van der Waals surface area contributed by atoms with Crippen molar-refractivity contribution in [1.82, 2.24) is 10.2 Å². The van der Waals surface area contributed by atoms with Crippen LogP contribution in [0.2, 0.25) is 0 Å². The number of aryl methyl sites for hydroxylation is 1. The van der Waals surface area contributed by atoms with Crippen molar-refractivity contribution in [2.45, 2.75) is 25.7 Å². The van der Waals surface area contributed by atoms with E-state index in [9.17, 15) is 13.6 Å². The minimum Gasteiger partial charge on any atom is -0.305 e. The van der Waals surface area contributed by atoms with E-state index in [-0.39, 0.29) is 5.56 Å². The minimum atomic E-state index is -1.05. The number of aromatic nitrogens is 2. The Morgan fingerprint density at radius 3 is 2.71 bits per heavy atom. The molecule has 0 spiro atoms. The van der Waals surface area contributed by atoms with Gasteiger partial charge < -0.3 is 5.32 Å². The van der Waals surface area contributed by atoms with E-state index in [4.69, 9.17) is 0 Å². The second-order valence-electron chi connectivity index (χ2n) is 6.21. The molecule has 3 aromatic rings. The predicted molar refractivity (Wildman–Crippen MR) is 87.1 cm³/mol. The molecule has 1 aliphatic carbocycles. The Hall–Kier alpha value is -2.76. The number of carbonyl (C=O) groups excluding carboxylic acids is 1. The van der Waals surface area contributed by atoms with E-state index in [1.807, 2.05) is 13.0 Å². The topological polar surface area (TPSA) is 57.8 Å². The van der Waals surface area contributed by atoms with Crippen LogP contribution < -0.4 is 5.32 Å². The van der Waals surface area contributed by atoms with Gasteiger partial charge in [0.2, 0.25) is 0 Å². The molecule has 1 fully saturated rings. The second-order valence-corrected chi connectivity index (χ2v) is 6.21. The van der Waals surface area contributed by atoms with Gasteiger partial charge in [-0.3, -0.25) is 9.89 Å². The summed E-state index contributed by atoms with van der Waals surface area (Å²) in [6.45, 7) is 2.00. The van der Waals surface area contributed by atoms with E-state index < -0.39 is 17.5 Å². The summed E-state index contributed by atoms with van der Waals surface area (Å²) >= 11 is 0. The fraction of sp³-hybridized carbons (Fsp3) is 0.222. The number of benzene rings is 2. The van der Waals surface area contributed by atoms with Gasteiger partial charge in [0.25, 0.3) is 5.91 Å². The summed E-state index contributed by atoms with van der Waals surface area (Å²) in [6.07, 6.45) is 2.32. The molecular weight excluding hydrogens is 312 g/mol. The predicted octanol–water partition coefficient (Wildman–Crippen LogP) is 4.28. The van der Waals surface area contributed by atoms with Gasteiger partial charge in [0, 0.05) is 10.9 Å². The summed E-state index contributed by atoms with van der Waals surface area (Å²) in [4.78, 5) is 12.3. The van der Waals surface area contributed by atoms with Crippen molar-refractivity contribution >= 4 is 22.6 Å². The zero-order chi connectivity index (χ0) is 16.8. The highest BCUT2D eigenvalue weighted by atomic mass is 19.2. The zero-order valence-electron chi connectivity index (χ0n) is 13.0. The van der Waals surface area contributed by atoms with Crippen LogP contribution in [-0.2, 0) is 0 Å².